The second-order valence-corrected chi connectivity index (χ2v) is 8.00. The van der Waals surface area contributed by atoms with Gasteiger partial charge in [-0.15, -0.1) is 0 Å². The number of esters is 1. The van der Waals surface area contributed by atoms with Crippen LogP contribution in [0.2, 0.25) is 0 Å². The number of rotatable bonds is 6. The molecule has 1 heterocycles. The lowest BCUT2D eigenvalue weighted by Gasteiger charge is -2.28. The number of nitrogens with zero attached hydrogens (tertiary/aromatic N) is 1. The average Bonchev–Trinajstić information content (AvgIpc) is 2.89. The Balaban J connectivity index is 2.10. The second kappa shape index (κ2) is 7.74. The summed E-state index contributed by atoms with van der Waals surface area (Å²) in [6.07, 6.45) is 0.388. The molecule has 0 spiro atoms. The molecule has 1 atom stereocenters. The van der Waals surface area contributed by atoms with Crippen molar-refractivity contribution < 1.29 is 27.1 Å². The van der Waals surface area contributed by atoms with Crippen molar-refractivity contribution in [2.75, 3.05) is 25.2 Å². The Labute approximate surface area is 140 Å². The van der Waals surface area contributed by atoms with Crippen molar-refractivity contribution in [2.45, 2.75) is 25.3 Å². The third-order valence-corrected chi connectivity index (χ3v) is 5.77. The number of benzene rings is 1. The van der Waals surface area contributed by atoms with E-state index in [1.165, 1.54) is 36.3 Å². The van der Waals surface area contributed by atoms with Gasteiger partial charge >= 0.3 is 5.97 Å². The number of hydrogen-bond acceptors (Lipinski definition) is 5. The molecule has 1 aromatic carbocycles. The van der Waals surface area contributed by atoms with Gasteiger partial charge in [-0.1, -0.05) is 12.1 Å². The van der Waals surface area contributed by atoms with Crippen LogP contribution in [0.4, 0.5) is 4.39 Å². The molecule has 1 saturated heterocycles. The first-order valence-corrected chi connectivity index (χ1v) is 9.44. The Kier molecular flexibility index (Phi) is 5.93. The highest BCUT2D eigenvalue weighted by Gasteiger charge is 2.34. The molecule has 24 heavy (non-hydrogen) atoms. The summed E-state index contributed by atoms with van der Waals surface area (Å²) >= 11 is 0. The lowest BCUT2D eigenvalue weighted by atomic mass is 10.1. The van der Waals surface area contributed by atoms with Gasteiger partial charge in [-0.05, 0) is 24.1 Å². The largest absolute Gasteiger partial charge is 0.469 e. The maximum Gasteiger partial charge on any atom is 0.307 e. The fraction of sp³-hybridized carbons (Fsp3) is 0.500. The summed E-state index contributed by atoms with van der Waals surface area (Å²) in [5.74, 6) is -1.20. The van der Waals surface area contributed by atoms with Crippen LogP contribution in [0.3, 0.4) is 0 Å². The minimum Gasteiger partial charge on any atom is -0.469 e. The zero-order chi connectivity index (χ0) is 17.7. The Morgan fingerprint density at radius 1 is 1.29 bits per heavy atom. The molecule has 1 fully saturated rings. The smallest absolute Gasteiger partial charge is 0.307 e. The number of carbonyl (C=O) groups is 2. The van der Waals surface area contributed by atoms with Gasteiger partial charge in [-0.3, -0.25) is 9.59 Å². The monoisotopic (exact) mass is 357 g/mol. The van der Waals surface area contributed by atoms with Crippen LogP contribution in [0.5, 0.6) is 0 Å². The average molecular weight is 357 g/mol. The first kappa shape index (κ1) is 18.4. The SMILES string of the molecule is COC(=O)CCN(C(=O)Cc1ccc(F)cc1)C1CCS(=O)(=O)C1. The Morgan fingerprint density at radius 2 is 1.96 bits per heavy atom. The summed E-state index contributed by atoms with van der Waals surface area (Å²) in [5, 5.41) is 0. The topological polar surface area (TPSA) is 80.8 Å². The number of amides is 1. The second-order valence-electron chi connectivity index (χ2n) is 5.77. The quantitative estimate of drug-likeness (QED) is 0.708. The maximum absolute atomic E-state index is 12.9. The van der Waals surface area contributed by atoms with Crippen LogP contribution in [0.1, 0.15) is 18.4 Å². The van der Waals surface area contributed by atoms with Gasteiger partial charge in [-0.25, -0.2) is 12.8 Å². The first-order valence-electron chi connectivity index (χ1n) is 7.62. The van der Waals surface area contributed by atoms with E-state index in [4.69, 9.17) is 0 Å². The predicted molar refractivity (Wildman–Crippen MR) is 85.5 cm³/mol. The van der Waals surface area contributed by atoms with Crippen molar-refractivity contribution >= 4 is 21.7 Å². The van der Waals surface area contributed by atoms with E-state index >= 15 is 0 Å². The molecule has 0 aromatic heterocycles. The molecule has 1 amide bonds. The Hall–Kier alpha value is -1.96. The Bertz CT molecular complexity index is 702. The van der Waals surface area contributed by atoms with E-state index in [9.17, 15) is 22.4 Å². The fourth-order valence-electron chi connectivity index (χ4n) is 2.72. The summed E-state index contributed by atoms with van der Waals surface area (Å²) < 4.78 is 40.9. The third kappa shape index (κ3) is 5.02. The number of carbonyl (C=O) groups excluding carboxylic acids is 2. The summed E-state index contributed by atoms with van der Waals surface area (Å²) in [6.45, 7) is 0.104. The molecule has 0 aliphatic carbocycles. The van der Waals surface area contributed by atoms with Crippen LogP contribution in [0, 0.1) is 5.82 Å². The molecular formula is C16H20FNO5S. The van der Waals surface area contributed by atoms with Gasteiger partial charge in [0.05, 0.1) is 31.5 Å². The normalized spacial score (nSPS) is 19.0. The van der Waals surface area contributed by atoms with E-state index in [0.29, 0.717) is 12.0 Å². The summed E-state index contributed by atoms with van der Waals surface area (Å²) in [5.41, 5.74) is 0.630. The number of sulfone groups is 1. The van der Waals surface area contributed by atoms with Gasteiger partial charge in [0.25, 0.3) is 0 Å². The van der Waals surface area contributed by atoms with E-state index < -0.39 is 27.7 Å². The third-order valence-electron chi connectivity index (χ3n) is 4.02. The minimum absolute atomic E-state index is 0.00219. The van der Waals surface area contributed by atoms with Crippen LogP contribution in [-0.2, 0) is 30.6 Å². The predicted octanol–water partition coefficient (Wildman–Crippen LogP) is 0.947. The standard InChI is InChI=1S/C16H20FNO5S/c1-23-16(20)6-8-18(14-7-9-24(21,22)11-14)15(19)10-12-2-4-13(17)5-3-12/h2-5,14H,6-11H2,1H3. The molecule has 8 heteroatoms. The molecule has 0 bridgehead atoms. The highest BCUT2D eigenvalue weighted by molar-refractivity contribution is 7.91. The number of hydrogen-bond donors (Lipinski definition) is 0. The van der Waals surface area contributed by atoms with Gasteiger partial charge < -0.3 is 9.64 Å². The van der Waals surface area contributed by atoms with E-state index in [0.717, 1.165) is 0 Å². The zero-order valence-electron chi connectivity index (χ0n) is 13.4. The van der Waals surface area contributed by atoms with Gasteiger partial charge in [-0.2, -0.15) is 0 Å². The molecule has 2 rings (SSSR count). The van der Waals surface area contributed by atoms with Crippen LogP contribution in [-0.4, -0.2) is 56.4 Å². The van der Waals surface area contributed by atoms with E-state index in [-0.39, 0.29) is 36.8 Å². The van der Waals surface area contributed by atoms with Gasteiger partial charge in [0.2, 0.25) is 5.91 Å². The molecule has 0 N–H and O–H groups in total. The molecule has 6 nitrogen and oxygen atoms in total. The van der Waals surface area contributed by atoms with Crippen molar-refractivity contribution in [3.8, 4) is 0 Å². The van der Waals surface area contributed by atoms with E-state index in [2.05, 4.69) is 4.74 Å². The van der Waals surface area contributed by atoms with Crippen molar-refractivity contribution in [2.24, 2.45) is 0 Å². The number of halogens is 1. The van der Waals surface area contributed by atoms with Crippen LogP contribution >= 0.6 is 0 Å². The molecule has 0 saturated carbocycles. The summed E-state index contributed by atoms with van der Waals surface area (Å²) in [7, 11) is -1.90. The molecular weight excluding hydrogens is 337 g/mol. The minimum atomic E-state index is -3.16. The van der Waals surface area contributed by atoms with Crippen molar-refractivity contribution in [1.29, 1.82) is 0 Å². The molecule has 0 radical (unpaired) electrons. The van der Waals surface area contributed by atoms with E-state index in [1.54, 1.807) is 0 Å². The zero-order valence-corrected chi connectivity index (χ0v) is 14.2. The van der Waals surface area contributed by atoms with Crippen LogP contribution < -0.4 is 0 Å². The number of methoxy groups -OCH3 is 1. The summed E-state index contributed by atoms with van der Waals surface area (Å²) in [6, 6.07) is 5.12. The van der Waals surface area contributed by atoms with Gasteiger partial charge in [0, 0.05) is 12.6 Å². The Morgan fingerprint density at radius 3 is 2.50 bits per heavy atom. The lowest BCUT2D eigenvalue weighted by Crippen LogP contribution is -2.43. The van der Waals surface area contributed by atoms with Crippen LogP contribution in [0.25, 0.3) is 0 Å². The number of ether oxygens (including phenoxy) is 1. The van der Waals surface area contributed by atoms with Crippen molar-refractivity contribution in [3.05, 3.63) is 35.6 Å². The van der Waals surface area contributed by atoms with Gasteiger partial charge in [0.1, 0.15) is 5.82 Å². The lowest BCUT2D eigenvalue weighted by molar-refractivity contribution is -0.142. The highest BCUT2D eigenvalue weighted by atomic mass is 32.2. The molecule has 1 unspecified atom stereocenters. The summed E-state index contributed by atoms with van der Waals surface area (Å²) in [4.78, 5) is 25.4. The molecule has 132 valence electrons. The van der Waals surface area contributed by atoms with Crippen LogP contribution in [0.15, 0.2) is 24.3 Å². The molecule has 1 aliphatic heterocycles. The fourth-order valence-corrected chi connectivity index (χ4v) is 4.46. The van der Waals surface area contributed by atoms with Gasteiger partial charge in [0.15, 0.2) is 9.84 Å². The highest BCUT2D eigenvalue weighted by Crippen LogP contribution is 2.19. The van der Waals surface area contributed by atoms with Crippen molar-refractivity contribution in [3.63, 3.8) is 0 Å². The first-order chi connectivity index (χ1) is 11.3. The van der Waals surface area contributed by atoms with Crippen molar-refractivity contribution in [1.82, 2.24) is 4.90 Å². The molecule has 1 aromatic rings. The van der Waals surface area contributed by atoms with E-state index in [1.807, 2.05) is 0 Å². The maximum atomic E-state index is 12.9. The molecule has 1 aliphatic rings.